The highest BCUT2D eigenvalue weighted by molar-refractivity contribution is 7.31. The molecule has 0 unspecified atom stereocenters. The lowest BCUT2D eigenvalue weighted by atomic mass is 10.0. The summed E-state index contributed by atoms with van der Waals surface area (Å²) in [6, 6.07) is 28.3. The maximum Gasteiger partial charge on any atom is 0.116 e. The quantitative estimate of drug-likeness (QED) is 0.0365. The smallest absolute Gasteiger partial charge is 0.116 e. The molecule has 0 fully saturated rings. The number of hydrogen-bond donors (Lipinski definition) is 0. The number of nitrogens with zero attached hydrogens (tertiary/aromatic N) is 6. The molecule has 0 aliphatic rings. The highest BCUT2D eigenvalue weighted by Crippen LogP contribution is 2.49. The fraction of sp³-hybridized carbons (Fsp3) is 0.545. The number of aryl methyl sites for hydroxylation is 2. The van der Waals surface area contributed by atoms with E-state index in [0.717, 1.165) is 88.5 Å². The van der Waals surface area contributed by atoms with Gasteiger partial charge in [-0.3, -0.25) is 0 Å². The fourth-order valence-electron chi connectivity index (χ4n) is 11.1. The second-order valence-electron chi connectivity index (χ2n) is 21.5. The molecule has 10 heteroatoms. The van der Waals surface area contributed by atoms with Crippen LogP contribution < -0.4 is 9.80 Å². The van der Waals surface area contributed by atoms with E-state index < -0.39 is 0 Å². The lowest BCUT2D eigenvalue weighted by Crippen LogP contribution is -2.25. The van der Waals surface area contributed by atoms with Crippen molar-refractivity contribution in [2.24, 2.45) is 0 Å². The van der Waals surface area contributed by atoms with Gasteiger partial charge in [-0.1, -0.05) is 194 Å². The Bertz CT molecular complexity index is 2880. The van der Waals surface area contributed by atoms with E-state index in [-0.39, 0.29) is 0 Å². The van der Waals surface area contributed by atoms with Crippen molar-refractivity contribution in [3.63, 3.8) is 0 Å². The van der Waals surface area contributed by atoms with Crippen LogP contribution >= 0.6 is 45.7 Å². The van der Waals surface area contributed by atoms with Crippen molar-refractivity contribution >= 4 is 88.6 Å². The first kappa shape index (κ1) is 57.9. The largest absolute Gasteiger partial charge is 0.372 e. The molecule has 8 aromatic rings. The van der Waals surface area contributed by atoms with Crippen LogP contribution in [0.4, 0.5) is 11.4 Å². The van der Waals surface area contributed by atoms with Crippen molar-refractivity contribution in [2.75, 3.05) is 36.0 Å². The molecular formula is C66H90N6S4. The molecule has 0 amide bonds. The Morgan fingerprint density at radius 3 is 1.12 bits per heavy atom. The minimum atomic E-state index is 0.833. The van der Waals surface area contributed by atoms with Gasteiger partial charge in [-0.2, -0.15) is 8.75 Å². The van der Waals surface area contributed by atoms with Crippen LogP contribution in [0.1, 0.15) is 207 Å². The maximum absolute atomic E-state index is 5.52. The van der Waals surface area contributed by atoms with Crippen molar-refractivity contribution < 1.29 is 0 Å². The first-order chi connectivity index (χ1) is 37.5. The van der Waals surface area contributed by atoms with Gasteiger partial charge in [0.25, 0.3) is 0 Å². The number of anilines is 2. The minimum absolute atomic E-state index is 0.833. The summed E-state index contributed by atoms with van der Waals surface area (Å²) in [7, 11) is 0. The number of benzene rings is 3. The molecule has 0 N–H and O–H groups in total. The van der Waals surface area contributed by atoms with Gasteiger partial charge in [0.15, 0.2) is 0 Å². The molecule has 5 heterocycles. The third kappa shape index (κ3) is 15.3. The SMILES string of the molecule is CCCCCCCCN(CCCCCCCC)c1ccc(-c2ccc(-c3c4nsnc4c(-c4cc5sc(-c6ccc(N(CCCCCCCC)CCCCCCCC)cc6)cc5s4)c4nc(CC)c(CC)nc34)s2)cc1. The number of thiophene rings is 3. The van der Waals surface area contributed by atoms with Gasteiger partial charge in [0, 0.05) is 77.6 Å². The predicted molar refractivity (Wildman–Crippen MR) is 340 cm³/mol. The van der Waals surface area contributed by atoms with E-state index in [4.69, 9.17) is 18.7 Å². The molecule has 0 aliphatic heterocycles. The Hall–Kier alpha value is -4.22. The van der Waals surface area contributed by atoms with Crippen molar-refractivity contribution in [3.8, 4) is 41.8 Å². The zero-order valence-corrected chi connectivity index (χ0v) is 50.7. The zero-order valence-electron chi connectivity index (χ0n) is 47.5. The van der Waals surface area contributed by atoms with Crippen molar-refractivity contribution in [3.05, 3.63) is 84.2 Å². The first-order valence-electron chi connectivity index (χ1n) is 30.3. The van der Waals surface area contributed by atoms with Crippen LogP contribution in [0, 0.1) is 0 Å². The highest BCUT2D eigenvalue weighted by Gasteiger charge is 2.26. The van der Waals surface area contributed by atoms with Gasteiger partial charge >= 0.3 is 0 Å². The molecule has 8 rings (SSSR count). The topological polar surface area (TPSA) is 58.0 Å². The van der Waals surface area contributed by atoms with Gasteiger partial charge in [0.2, 0.25) is 0 Å². The molecule has 0 aliphatic carbocycles. The Morgan fingerprint density at radius 1 is 0.342 bits per heavy atom. The van der Waals surface area contributed by atoms with Crippen LogP contribution in [0.15, 0.2) is 72.8 Å². The standard InChI is InChI=1S/C66H90N6S4/c1-7-13-17-21-25-29-43-71(44-30-26-22-18-14-8-2)51-37-33-49(34-38-51)55-41-42-56(73-55)61-63-64(68-54(12-6)53(11-5)67-63)62(66-65(61)69-76-70-66)60-48-59-58(75-60)47-57(74-59)50-35-39-52(40-36-50)72(45-31-27-23-19-15-9-3)46-32-28-24-20-16-10-4/h33-42,47-48H,7-32,43-46H2,1-6H3. The van der Waals surface area contributed by atoms with Crippen molar-refractivity contribution in [1.82, 2.24) is 18.7 Å². The summed E-state index contributed by atoms with van der Waals surface area (Å²) in [6.07, 6.45) is 33.6. The number of fused-ring (bicyclic) bond motifs is 3. The first-order valence-corrected chi connectivity index (χ1v) is 33.5. The zero-order chi connectivity index (χ0) is 52.9. The second-order valence-corrected chi connectivity index (χ2v) is 25.3. The lowest BCUT2D eigenvalue weighted by Gasteiger charge is -2.25. The van der Waals surface area contributed by atoms with Gasteiger partial charge in [0.1, 0.15) is 22.1 Å². The van der Waals surface area contributed by atoms with E-state index in [0.29, 0.717) is 0 Å². The van der Waals surface area contributed by atoms with Gasteiger partial charge < -0.3 is 9.80 Å². The third-order valence-electron chi connectivity index (χ3n) is 15.6. The summed E-state index contributed by atoms with van der Waals surface area (Å²) in [4.78, 5) is 21.3. The van der Waals surface area contributed by atoms with Crippen LogP contribution in [0.25, 0.3) is 73.2 Å². The lowest BCUT2D eigenvalue weighted by molar-refractivity contribution is 0.575. The summed E-state index contributed by atoms with van der Waals surface area (Å²) in [5.74, 6) is 0. The molecule has 0 bridgehead atoms. The molecule has 0 spiro atoms. The summed E-state index contributed by atoms with van der Waals surface area (Å²) >= 11 is 6.89. The molecule has 5 aromatic heterocycles. The van der Waals surface area contributed by atoms with E-state index in [1.165, 1.54) is 212 Å². The van der Waals surface area contributed by atoms with Crippen LogP contribution in [0.2, 0.25) is 0 Å². The summed E-state index contributed by atoms with van der Waals surface area (Å²) in [5, 5.41) is 0. The predicted octanol–water partition coefficient (Wildman–Crippen LogP) is 21.8. The van der Waals surface area contributed by atoms with Gasteiger partial charge in [-0.25, -0.2) is 9.97 Å². The molecule has 0 saturated heterocycles. The molecule has 76 heavy (non-hydrogen) atoms. The maximum atomic E-state index is 5.52. The van der Waals surface area contributed by atoms with E-state index in [1.54, 1.807) is 0 Å². The average molecular weight is 1100 g/mol. The van der Waals surface area contributed by atoms with Crippen LogP contribution in [-0.2, 0) is 12.8 Å². The van der Waals surface area contributed by atoms with Crippen LogP contribution in [-0.4, -0.2) is 44.9 Å². The Kier molecular flexibility index (Phi) is 23.5. The third-order valence-corrected chi connectivity index (χ3v) is 19.7. The number of aromatic nitrogens is 4. The summed E-state index contributed by atoms with van der Waals surface area (Å²) in [5.41, 5.74) is 13.3. The second kappa shape index (κ2) is 30.8. The summed E-state index contributed by atoms with van der Waals surface area (Å²) < 4.78 is 12.8. The minimum Gasteiger partial charge on any atom is -0.372 e. The Balaban J connectivity index is 1.04. The van der Waals surface area contributed by atoms with Gasteiger partial charge in [0.05, 0.1) is 23.1 Å². The number of hydrogen-bond acceptors (Lipinski definition) is 10. The molecular weight excluding hydrogens is 1010 g/mol. The van der Waals surface area contributed by atoms with E-state index in [9.17, 15) is 0 Å². The average Bonchev–Trinajstić information content (AvgIpc) is 4.32. The van der Waals surface area contributed by atoms with Crippen LogP contribution in [0.3, 0.4) is 0 Å². The van der Waals surface area contributed by atoms with Crippen molar-refractivity contribution in [2.45, 2.75) is 208 Å². The molecule has 0 radical (unpaired) electrons. The Labute approximate surface area is 474 Å². The van der Waals surface area contributed by atoms with E-state index >= 15 is 0 Å². The molecule has 0 saturated carbocycles. The van der Waals surface area contributed by atoms with Crippen molar-refractivity contribution in [1.29, 1.82) is 0 Å². The normalized spacial score (nSPS) is 11.8. The molecule has 3 aromatic carbocycles. The van der Waals surface area contributed by atoms with E-state index in [1.807, 2.05) is 34.0 Å². The molecule has 6 nitrogen and oxygen atoms in total. The molecule has 0 atom stereocenters. The monoisotopic (exact) mass is 1090 g/mol. The summed E-state index contributed by atoms with van der Waals surface area (Å²) in [6.45, 7) is 18.2. The molecule has 408 valence electrons. The Morgan fingerprint density at radius 2 is 0.697 bits per heavy atom. The van der Waals surface area contributed by atoms with Crippen LogP contribution in [0.5, 0.6) is 0 Å². The van der Waals surface area contributed by atoms with E-state index in [2.05, 4.69) is 124 Å². The highest BCUT2D eigenvalue weighted by atomic mass is 32.1. The van der Waals surface area contributed by atoms with Gasteiger partial charge in [-0.05, 0) is 98.2 Å². The number of unbranched alkanes of at least 4 members (excludes halogenated alkanes) is 20. The van der Waals surface area contributed by atoms with Gasteiger partial charge in [-0.15, -0.1) is 34.0 Å². The number of rotatable bonds is 36. The fourth-order valence-corrected chi connectivity index (χ4v) is 15.2.